The molecule has 31 heavy (non-hydrogen) atoms. The van der Waals surface area contributed by atoms with Crippen molar-refractivity contribution in [3.63, 3.8) is 0 Å². The van der Waals surface area contributed by atoms with Gasteiger partial charge in [0, 0.05) is 6.04 Å². The summed E-state index contributed by atoms with van der Waals surface area (Å²) in [7, 11) is 2.28. The fraction of sp³-hybridized carbons (Fsp3) is 0.400. The number of hydrogen-bond acceptors (Lipinski definition) is 1. The number of nitrogens with zero attached hydrogens (tertiary/aromatic N) is 1. The van der Waals surface area contributed by atoms with Gasteiger partial charge < -0.3 is 4.90 Å². The summed E-state index contributed by atoms with van der Waals surface area (Å²) in [6, 6.07) is 17.2. The molecular formula is C30H35N. The Morgan fingerprint density at radius 3 is 2.48 bits per heavy atom. The van der Waals surface area contributed by atoms with E-state index in [9.17, 15) is 0 Å². The quantitative estimate of drug-likeness (QED) is 0.463. The summed E-state index contributed by atoms with van der Waals surface area (Å²) in [6.07, 6.45) is 17.0. The van der Waals surface area contributed by atoms with Crippen LogP contribution in [-0.2, 0) is 12.8 Å². The number of unbranched alkanes of at least 4 members (excludes halogenated alkanes) is 1. The van der Waals surface area contributed by atoms with E-state index in [0.29, 0.717) is 0 Å². The number of rotatable bonds is 7. The first-order chi connectivity index (χ1) is 15.2. The fourth-order valence-corrected chi connectivity index (χ4v) is 5.47. The average molecular weight is 410 g/mol. The van der Waals surface area contributed by atoms with Crippen LogP contribution in [0.4, 0.5) is 0 Å². The minimum atomic E-state index is 0.723. The van der Waals surface area contributed by atoms with Gasteiger partial charge in [-0.15, -0.1) is 0 Å². The van der Waals surface area contributed by atoms with Gasteiger partial charge in [0.25, 0.3) is 0 Å². The van der Waals surface area contributed by atoms with Gasteiger partial charge in [-0.05, 0) is 97.5 Å². The molecule has 5 rings (SSSR count). The molecule has 1 fully saturated rings. The van der Waals surface area contributed by atoms with Crippen LogP contribution in [0.2, 0.25) is 0 Å². The molecule has 160 valence electrons. The maximum atomic E-state index is 2.53. The number of allylic oxidation sites excluding steroid dienone is 5. The summed E-state index contributed by atoms with van der Waals surface area (Å²) in [5.74, 6) is 0. The SMILES string of the molecule is CCCCC1=CC=C(c2ccc(C3=Cc4ccc(CC5CCCN5C)cc4C3)cc2)C1. The highest BCUT2D eigenvalue weighted by atomic mass is 15.1. The number of likely N-dealkylation sites (tertiary alicyclic amines) is 1. The van der Waals surface area contributed by atoms with Crippen LogP contribution in [0, 0.1) is 0 Å². The largest absolute Gasteiger partial charge is 0.303 e. The Morgan fingerprint density at radius 1 is 0.935 bits per heavy atom. The van der Waals surface area contributed by atoms with Crippen LogP contribution >= 0.6 is 0 Å². The van der Waals surface area contributed by atoms with Crippen LogP contribution in [0.15, 0.2) is 60.2 Å². The highest BCUT2D eigenvalue weighted by molar-refractivity contribution is 5.89. The molecule has 1 heterocycles. The van der Waals surface area contributed by atoms with Crippen molar-refractivity contribution in [1.82, 2.24) is 4.90 Å². The van der Waals surface area contributed by atoms with Gasteiger partial charge in [0.2, 0.25) is 0 Å². The molecule has 1 atom stereocenters. The molecule has 1 nitrogen and oxygen atoms in total. The zero-order valence-corrected chi connectivity index (χ0v) is 19.2. The summed E-state index contributed by atoms with van der Waals surface area (Å²) in [4.78, 5) is 2.53. The van der Waals surface area contributed by atoms with E-state index in [2.05, 4.69) is 79.6 Å². The van der Waals surface area contributed by atoms with E-state index in [-0.39, 0.29) is 0 Å². The van der Waals surface area contributed by atoms with Crippen molar-refractivity contribution in [2.24, 2.45) is 0 Å². The zero-order chi connectivity index (χ0) is 21.2. The second-order valence-electron chi connectivity index (χ2n) is 9.73. The van der Waals surface area contributed by atoms with Crippen molar-refractivity contribution in [2.45, 2.75) is 64.3 Å². The Kier molecular flexibility index (Phi) is 5.96. The molecule has 0 bridgehead atoms. The lowest BCUT2D eigenvalue weighted by molar-refractivity contribution is 0.309. The molecule has 2 aromatic rings. The maximum absolute atomic E-state index is 2.53. The third-order valence-corrected chi connectivity index (χ3v) is 7.48. The van der Waals surface area contributed by atoms with Gasteiger partial charge >= 0.3 is 0 Å². The van der Waals surface area contributed by atoms with E-state index in [4.69, 9.17) is 0 Å². The third kappa shape index (κ3) is 4.48. The summed E-state index contributed by atoms with van der Waals surface area (Å²) in [5, 5.41) is 0. The summed E-state index contributed by atoms with van der Waals surface area (Å²) < 4.78 is 0. The smallest absolute Gasteiger partial charge is 0.0133 e. The minimum Gasteiger partial charge on any atom is -0.303 e. The van der Waals surface area contributed by atoms with E-state index in [1.165, 1.54) is 84.0 Å². The van der Waals surface area contributed by atoms with Crippen molar-refractivity contribution in [1.29, 1.82) is 0 Å². The second-order valence-corrected chi connectivity index (χ2v) is 9.73. The molecule has 2 aromatic carbocycles. The molecule has 2 aliphatic carbocycles. The Morgan fingerprint density at radius 2 is 1.74 bits per heavy atom. The topological polar surface area (TPSA) is 3.24 Å². The van der Waals surface area contributed by atoms with Crippen LogP contribution in [-0.4, -0.2) is 24.5 Å². The molecule has 3 aliphatic rings. The Hall–Kier alpha value is -2.38. The molecule has 1 saturated heterocycles. The van der Waals surface area contributed by atoms with E-state index < -0.39 is 0 Å². The molecule has 0 amide bonds. The lowest BCUT2D eigenvalue weighted by Crippen LogP contribution is -2.26. The fourth-order valence-electron chi connectivity index (χ4n) is 5.47. The standard InChI is InChI=1S/C30H35N/c1-3-4-6-22-8-10-26(17-22)24-12-14-25(15-13-24)29-20-27-11-9-23(18-28(27)21-29)19-30-7-5-16-31(30)2/h8-15,18,20,30H,3-7,16-17,19,21H2,1-2H3. The highest BCUT2D eigenvalue weighted by Crippen LogP contribution is 2.35. The van der Waals surface area contributed by atoms with Gasteiger partial charge in [-0.2, -0.15) is 0 Å². The van der Waals surface area contributed by atoms with E-state index in [1.807, 2.05) is 0 Å². The molecule has 0 N–H and O–H groups in total. The van der Waals surface area contributed by atoms with Crippen molar-refractivity contribution in [2.75, 3.05) is 13.6 Å². The number of hydrogen-bond donors (Lipinski definition) is 0. The Bertz CT molecular complexity index is 1030. The van der Waals surface area contributed by atoms with Crippen LogP contribution in [0.3, 0.4) is 0 Å². The van der Waals surface area contributed by atoms with Gasteiger partial charge in [0.1, 0.15) is 0 Å². The molecule has 1 heteroatoms. The molecule has 0 spiro atoms. The predicted octanol–water partition coefficient (Wildman–Crippen LogP) is 7.32. The summed E-state index contributed by atoms with van der Waals surface area (Å²) in [5.41, 5.74) is 11.7. The molecule has 1 unspecified atom stereocenters. The van der Waals surface area contributed by atoms with Gasteiger partial charge in [0.05, 0.1) is 0 Å². The third-order valence-electron chi connectivity index (χ3n) is 7.48. The van der Waals surface area contributed by atoms with Gasteiger partial charge in [0.15, 0.2) is 0 Å². The maximum Gasteiger partial charge on any atom is 0.0133 e. The number of fused-ring (bicyclic) bond motifs is 1. The first kappa shape index (κ1) is 20.5. The summed E-state index contributed by atoms with van der Waals surface area (Å²) >= 11 is 0. The van der Waals surface area contributed by atoms with Crippen LogP contribution < -0.4 is 0 Å². The van der Waals surface area contributed by atoms with E-state index in [1.54, 1.807) is 5.57 Å². The molecule has 1 aliphatic heterocycles. The first-order valence-corrected chi connectivity index (χ1v) is 12.2. The lowest BCUT2D eigenvalue weighted by Gasteiger charge is -2.19. The second kappa shape index (κ2) is 9.01. The Balaban J connectivity index is 1.23. The van der Waals surface area contributed by atoms with Crippen LogP contribution in [0.25, 0.3) is 17.2 Å². The number of likely N-dealkylation sites (N-methyl/N-ethyl adjacent to an activating group) is 1. The van der Waals surface area contributed by atoms with Crippen molar-refractivity contribution >= 4 is 17.2 Å². The van der Waals surface area contributed by atoms with Crippen LogP contribution in [0.1, 0.15) is 73.3 Å². The molecule has 0 radical (unpaired) electrons. The normalized spacial score (nSPS) is 20.6. The highest BCUT2D eigenvalue weighted by Gasteiger charge is 2.22. The predicted molar refractivity (Wildman–Crippen MR) is 134 cm³/mol. The number of benzene rings is 2. The van der Waals surface area contributed by atoms with Gasteiger partial charge in [-0.1, -0.05) is 79.6 Å². The van der Waals surface area contributed by atoms with Crippen molar-refractivity contribution in [3.05, 3.63) is 88.0 Å². The van der Waals surface area contributed by atoms with Crippen molar-refractivity contribution in [3.8, 4) is 0 Å². The lowest BCUT2D eigenvalue weighted by atomic mass is 9.96. The summed E-state index contributed by atoms with van der Waals surface area (Å²) in [6.45, 7) is 3.53. The van der Waals surface area contributed by atoms with Gasteiger partial charge in [-0.25, -0.2) is 0 Å². The monoisotopic (exact) mass is 409 g/mol. The van der Waals surface area contributed by atoms with Crippen LogP contribution in [0.5, 0.6) is 0 Å². The zero-order valence-electron chi connectivity index (χ0n) is 19.2. The Labute approximate surface area is 188 Å². The molecular weight excluding hydrogens is 374 g/mol. The van der Waals surface area contributed by atoms with Crippen molar-refractivity contribution < 1.29 is 0 Å². The van der Waals surface area contributed by atoms with E-state index in [0.717, 1.165) is 18.9 Å². The molecule has 0 aromatic heterocycles. The first-order valence-electron chi connectivity index (χ1n) is 12.2. The van der Waals surface area contributed by atoms with E-state index >= 15 is 0 Å². The minimum absolute atomic E-state index is 0.723. The van der Waals surface area contributed by atoms with Gasteiger partial charge in [-0.3, -0.25) is 0 Å². The molecule has 0 saturated carbocycles. The average Bonchev–Trinajstić information content (AvgIpc) is 3.52.